The van der Waals surface area contributed by atoms with E-state index in [0.29, 0.717) is 23.7 Å². The smallest absolute Gasteiger partial charge is 0.254 e. The molecule has 3 rings (SSSR count). The summed E-state index contributed by atoms with van der Waals surface area (Å²) >= 11 is 0. The average molecular weight is 479 g/mol. The van der Waals surface area contributed by atoms with E-state index in [0.717, 1.165) is 16.9 Å². The van der Waals surface area contributed by atoms with E-state index in [4.69, 9.17) is 14.6 Å². The highest BCUT2D eigenvalue weighted by Crippen LogP contribution is 2.27. The van der Waals surface area contributed by atoms with Crippen LogP contribution >= 0.6 is 0 Å². The molecule has 186 valence electrons. The minimum Gasteiger partial charge on any atom is -0.497 e. The molecule has 0 bridgehead atoms. The van der Waals surface area contributed by atoms with Crippen LogP contribution in [0.2, 0.25) is 0 Å². The van der Waals surface area contributed by atoms with Gasteiger partial charge in [0.1, 0.15) is 18.1 Å². The number of hydrogen-bond acceptors (Lipinski definition) is 5. The largest absolute Gasteiger partial charge is 0.497 e. The molecular formula is C27H34N4O4. The predicted octanol–water partition coefficient (Wildman–Crippen LogP) is 4.21. The Morgan fingerprint density at radius 2 is 1.74 bits per heavy atom. The number of carbonyl (C=O) groups excluding carboxylic acids is 2. The number of benzene rings is 2. The second-order valence-corrected chi connectivity index (χ2v) is 9.36. The van der Waals surface area contributed by atoms with E-state index in [2.05, 4.69) is 26.1 Å². The van der Waals surface area contributed by atoms with Crippen LogP contribution in [-0.2, 0) is 14.9 Å². The number of carbonyl (C=O) groups is 2. The number of rotatable bonds is 9. The molecule has 1 aromatic heterocycles. The topological polar surface area (TPSA) is 85.7 Å². The quantitative estimate of drug-likeness (QED) is 0.498. The lowest BCUT2D eigenvalue weighted by molar-refractivity contribution is -0.117. The molecule has 1 heterocycles. The van der Waals surface area contributed by atoms with Crippen LogP contribution in [0.25, 0.3) is 5.69 Å². The lowest BCUT2D eigenvalue weighted by atomic mass is 9.92. The van der Waals surface area contributed by atoms with Crippen LogP contribution in [0.1, 0.15) is 42.4 Å². The van der Waals surface area contributed by atoms with Gasteiger partial charge in [-0.2, -0.15) is 5.10 Å². The predicted molar refractivity (Wildman–Crippen MR) is 136 cm³/mol. The Bertz CT molecular complexity index is 1160. The molecule has 0 unspecified atom stereocenters. The van der Waals surface area contributed by atoms with Gasteiger partial charge in [-0.25, -0.2) is 4.68 Å². The zero-order valence-corrected chi connectivity index (χ0v) is 21.3. The molecule has 8 heteroatoms. The molecule has 3 aromatic rings. The summed E-state index contributed by atoms with van der Waals surface area (Å²) in [6.45, 7) is 8.68. The highest BCUT2D eigenvalue weighted by atomic mass is 16.5. The lowest BCUT2D eigenvalue weighted by Crippen LogP contribution is -2.40. The van der Waals surface area contributed by atoms with Crippen molar-refractivity contribution >= 4 is 17.6 Å². The van der Waals surface area contributed by atoms with Crippen molar-refractivity contribution in [2.24, 2.45) is 0 Å². The van der Waals surface area contributed by atoms with E-state index in [9.17, 15) is 9.59 Å². The number of aromatic nitrogens is 2. The van der Waals surface area contributed by atoms with E-state index < -0.39 is 0 Å². The molecule has 0 aliphatic heterocycles. The molecule has 2 amide bonds. The van der Waals surface area contributed by atoms with Gasteiger partial charge in [-0.3, -0.25) is 9.59 Å². The number of nitrogens with zero attached hydrogens (tertiary/aromatic N) is 3. The third kappa shape index (κ3) is 6.48. The zero-order chi connectivity index (χ0) is 25.6. The van der Waals surface area contributed by atoms with Crippen molar-refractivity contribution in [2.45, 2.75) is 33.1 Å². The fraction of sp³-hybridized carbons (Fsp3) is 0.370. The van der Waals surface area contributed by atoms with Crippen molar-refractivity contribution in [3.8, 4) is 11.4 Å². The summed E-state index contributed by atoms with van der Waals surface area (Å²) in [4.78, 5) is 27.8. The number of ether oxygens (including phenoxy) is 2. The molecule has 0 aliphatic rings. The Morgan fingerprint density at radius 1 is 1.06 bits per heavy atom. The molecule has 0 fully saturated rings. The minimum atomic E-state index is -0.321. The summed E-state index contributed by atoms with van der Waals surface area (Å²) in [6, 6.07) is 16.5. The van der Waals surface area contributed by atoms with Gasteiger partial charge >= 0.3 is 0 Å². The summed E-state index contributed by atoms with van der Waals surface area (Å²) in [5.74, 6) is 0.625. The van der Waals surface area contributed by atoms with Crippen LogP contribution in [0, 0.1) is 6.92 Å². The summed E-state index contributed by atoms with van der Waals surface area (Å²) in [5, 5.41) is 7.75. The fourth-order valence-corrected chi connectivity index (χ4v) is 3.55. The van der Waals surface area contributed by atoms with Crippen LogP contribution in [0.4, 0.5) is 5.82 Å². The van der Waals surface area contributed by atoms with Gasteiger partial charge in [-0.1, -0.05) is 39.0 Å². The highest BCUT2D eigenvalue weighted by molar-refractivity contribution is 5.99. The van der Waals surface area contributed by atoms with E-state index in [1.807, 2.05) is 37.3 Å². The molecule has 1 N–H and O–H groups in total. The monoisotopic (exact) mass is 478 g/mol. The van der Waals surface area contributed by atoms with Gasteiger partial charge in [0.15, 0.2) is 0 Å². The van der Waals surface area contributed by atoms with Crippen molar-refractivity contribution in [1.29, 1.82) is 0 Å². The molecule has 0 radical (unpaired) electrons. The maximum absolute atomic E-state index is 13.1. The van der Waals surface area contributed by atoms with Gasteiger partial charge in [0.2, 0.25) is 5.91 Å². The molecule has 0 atom stereocenters. The summed E-state index contributed by atoms with van der Waals surface area (Å²) < 4.78 is 12.1. The van der Waals surface area contributed by atoms with Crippen LogP contribution in [0.3, 0.4) is 0 Å². The molecule has 35 heavy (non-hydrogen) atoms. The number of para-hydroxylation sites is 1. The van der Waals surface area contributed by atoms with Gasteiger partial charge in [0.25, 0.3) is 5.91 Å². The molecule has 0 spiro atoms. The SMILES string of the molecule is COCCN(CC(=O)Nc1cc(C(C)(C)C)nn1-c1ccccc1C)C(=O)c1ccc(OC)cc1. The molecule has 2 aromatic carbocycles. The normalized spacial score (nSPS) is 11.3. The highest BCUT2D eigenvalue weighted by Gasteiger charge is 2.24. The maximum Gasteiger partial charge on any atom is 0.254 e. The summed E-state index contributed by atoms with van der Waals surface area (Å²) in [5.41, 5.74) is 3.02. The number of anilines is 1. The Morgan fingerprint density at radius 3 is 2.34 bits per heavy atom. The summed E-state index contributed by atoms with van der Waals surface area (Å²) in [7, 11) is 3.13. The zero-order valence-electron chi connectivity index (χ0n) is 21.3. The van der Waals surface area contributed by atoms with E-state index in [1.165, 1.54) is 4.90 Å². The fourth-order valence-electron chi connectivity index (χ4n) is 3.55. The Balaban J connectivity index is 1.85. The number of nitrogens with one attached hydrogen (secondary N) is 1. The minimum absolute atomic E-state index is 0.127. The van der Waals surface area contributed by atoms with E-state index in [1.54, 1.807) is 43.2 Å². The number of amides is 2. The van der Waals surface area contributed by atoms with Crippen molar-refractivity contribution < 1.29 is 19.1 Å². The first-order valence-electron chi connectivity index (χ1n) is 11.5. The lowest BCUT2D eigenvalue weighted by Gasteiger charge is -2.22. The molecule has 0 saturated heterocycles. The standard InChI is InChI=1S/C27H34N4O4/c1-19-9-7-8-10-22(19)31-24(17-23(29-31)27(2,3)4)28-25(32)18-30(15-16-34-5)26(33)20-11-13-21(35-6)14-12-20/h7-14,17H,15-16,18H2,1-6H3,(H,28,32). The third-order valence-corrected chi connectivity index (χ3v) is 5.61. The Hall–Kier alpha value is -3.65. The first kappa shape index (κ1) is 26.0. The second-order valence-electron chi connectivity index (χ2n) is 9.36. The first-order chi connectivity index (χ1) is 16.6. The van der Waals surface area contributed by atoms with E-state index >= 15 is 0 Å². The van der Waals surface area contributed by atoms with Crippen molar-refractivity contribution in [3.05, 3.63) is 71.4 Å². The number of aryl methyl sites for hydroxylation is 1. The van der Waals surface area contributed by atoms with Crippen molar-refractivity contribution in [1.82, 2.24) is 14.7 Å². The number of hydrogen-bond donors (Lipinski definition) is 1. The van der Waals surface area contributed by atoms with Gasteiger partial charge < -0.3 is 19.7 Å². The number of methoxy groups -OCH3 is 2. The van der Waals surface area contributed by atoms with Crippen molar-refractivity contribution in [3.63, 3.8) is 0 Å². The third-order valence-electron chi connectivity index (χ3n) is 5.61. The van der Waals surface area contributed by atoms with Gasteiger partial charge in [-0.15, -0.1) is 0 Å². The summed E-state index contributed by atoms with van der Waals surface area (Å²) in [6.07, 6.45) is 0. The molecule has 0 aliphatic carbocycles. The van der Waals surface area contributed by atoms with Crippen LogP contribution in [0.15, 0.2) is 54.6 Å². The Kier molecular flexibility index (Phi) is 8.30. The van der Waals surface area contributed by atoms with Gasteiger partial charge in [-0.05, 0) is 42.8 Å². The molecular weight excluding hydrogens is 444 g/mol. The van der Waals surface area contributed by atoms with Gasteiger partial charge in [0.05, 0.1) is 25.1 Å². The molecule has 8 nitrogen and oxygen atoms in total. The van der Waals surface area contributed by atoms with Crippen LogP contribution in [0.5, 0.6) is 5.75 Å². The second kappa shape index (κ2) is 11.2. The van der Waals surface area contributed by atoms with E-state index in [-0.39, 0.29) is 30.3 Å². The Labute approximate surface area is 206 Å². The van der Waals surface area contributed by atoms with Gasteiger partial charge in [0, 0.05) is 30.7 Å². The van der Waals surface area contributed by atoms with Crippen LogP contribution in [-0.4, -0.2) is 60.4 Å². The average Bonchev–Trinajstić information content (AvgIpc) is 3.25. The maximum atomic E-state index is 13.1. The van der Waals surface area contributed by atoms with Crippen LogP contribution < -0.4 is 10.1 Å². The molecule has 0 saturated carbocycles. The first-order valence-corrected chi connectivity index (χ1v) is 11.5. The van der Waals surface area contributed by atoms with Crippen molar-refractivity contribution in [2.75, 3.05) is 39.2 Å².